The van der Waals surface area contributed by atoms with Crippen molar-refractivity contribution in [3.8, 4) is 5.75 Å². The Labute approximate surface area is 133 Å². The molecule has 2 aromatic carbocycles. The first-order chi connectivity index (χ1) is 10.1. The van der Waals surface area contributed by atoms with Crippen molar-refractivity contribution >= 4 is 29.0 Å². The van der Waals surface area contributed by atoms with Gasteiger partial charge in [0, 0.05) is 12.7 Å². The molecule has 0 heterocycles. The number of ether oxygens (including phenoxy) is 2. The van der Waals surface area contributed by atoms with E-state index in [0.29, 0.717) is 40.1 Å². The summed E-state index contributed by atoms with van der Waals surface area (Å²) in [5.74, 6) is 0.354. The van der Waals surface area contributed by atoms with Crippen LogP contribution in [0.2, 0.25) is 10.0 Å². The zero-order valence-electron chi connectivity index (χ0n) is 11.4. The van der Waals surface area contributed by atoms with Crippen LogP contribution in [0.4, 0.5) is 0 Å². The van der Waals surface area contributed by atoms with Crippen LogP contribution in [0, 0.1) is 0 Å². The van der Waals surface area contributed by atoms with Gasteiger partial charge in [-0.1, -0.05) is 35.3 Å². The summed E-state index contributed by atoms with van der Waals surface area (Å²) in [6.45, 7) is 0.831. The Morgan fingerprint density at radius 3 is 2.52 bits per heavy atom. The summed E-state index contributed by atoms with van der Waals surface area (Å²) in [5.41, 5.74) is 0.944. The lowest BCUT2D eigenvalue weighted by Gasteiger charge is -2.10. The second-order valence-corrected chi connectivity index (χ2v) is 5.11. The number of para-hydroxylation sites is 1. The molecule has 21 heavy (non-hydrogen) atoms. The molecule has 0 atom stereocenters. The summed E-state index contributed by atoms with van der Waals surface area (Å²) in [6.07, 6.45) is 0. The number of ketones is 1. The molecule has 3 nitrogen and oxygen atoms in total. The zero-order valence-corrected chi connectivity index (χ0v) is 12.9. The molecular formula is C16H14Cl2O3. The van der Waals surface area contributed by atoms with Gasteiger partial charge in [-0.3, -0.25) is 4.79 Å². The number of halogens is 2. The maximum Gasteiger partial charge on any atom is 0.196 e. The fourth-order valence-electron chi connectivity index (χ4n) is 1.81. The van der Waals surface area contributed by atoms with Crippen molar-refractivity contribution in [3.63, 3.8) is 0 Å². The first-order valence-corrected chi connectivity index (χ1v) is 7.09. The lowest BCUT2D eigenvalue weighted by molar-refractivity contribution is 0.103. The highest BCUT2D eigenvalue weighted by molar-refractivity contribution is 6.42. The Balaban J connectivity index is 2.27. The van der Waals surface area contributed by atoms with Crippen LogP contribution in [0.15, 0.2) is 42.5 Å². The molecule has 0 saturated heterocycles. The number of methoxy groups -OCH3 is 1. The second kappa shape index (κ2) is 7.46. The molecule has 0 aromatic heterocycles. The SMILES string of the molecule is COCCOc1ccccc1C(=O)c1ccc(Cl)c(Cl)c1. The number of carbonyl (C=O) groups is 1. The Morgan fingerprint density at radius 2 is 1.81 bits per heavy atom. The molecule has 2 aromatic rings. The maximum absolute atomic E-state index is 12.6. The first kappa shape index (κ1) is 15.8. The predicted octanol–water partition coefficient (Wildman–Crippen LogP) is 4.25. The summed E-state index contributed by atoms with van der Waals surface area (Å²) in [4.78, 5) is 12.6. The highest BCUT2D eigenvalue weighted by atomic mass is 35.5. The molecule has 0 aliphatic heterocycles. The molecule has 0 aliphatic carbocycles. The van der Waals surface area contributed by atoms with Crippen molar-refractivity contribution in [1.82, 2.24) is 0 Å². The van der Waals surface area contributed by atoms with E-state index in [1.54, 1.807) is 43.5 Å². The summed E-state index contributed by atoms with van der Waals surface area (Å²) in [6, 6.07) is 11.9. The van der Waals surface area contributed by atoms with Crippen LogP contribution < -0.4 is 4.74 Å². The van der Waals surface area contributed by atoms with Gasteiger partial charge in [-0.2, -0.15) is 0 Å². The molecular weight excluding hydrogens is 311 g/mol. The monoisotopic (exact) mass is 324 g/mol. The van der Waals surface area contributed by atoms with E-state index in [1.165, 1.54) is 0 Å². The van der Waals surface area contributed by atoms with Gasteiger partial charge in [0.25, 0.3) is 0 Å². The Bertz CT molecular complexity index is 641. The molecule has 0 bridgehead atoms. The Hall–Kier alpha value is -1.55. The Morgan fingerprint density at radius 1 is 1.05 bits per heavy atom. The van der Waals surface area contributed by atoms with Gasteiger partial charge in [0.2, 0.25) is 0 Å². The van der Waals surface area contributed by atoms with Crippen LogP contribution in [0.3, 0.4) is 0 Å². The highest BCUT2D eigenvalue weighted by Crippen LogP contribution is 2.26. The van der Waals surface area contributed by atoms with Gasteiger partial charge in [0.1, 0.15) is 12.4 Å². The molecule has 0 amide bonds. The molecule has 0 aliphatic rings. The van der Waals surface area contributed by atoms with E-state index in [1.807, 2.05) is 6.07 Å². The summed E-state index contributed by atoms with van der Waals surface area (Å²) in [7, 11) is 1.59. The van der Waals surface area contributed by atoms with Gasteiger partial charge >= 0.3 is 0 Å². The van der Waals surface area contributed by atoms with Gasteiger partial charge in [0.05, 0.1) is 22.2 Å². The van der Waals surface area contributed by atoms with Gasteiger partial charge in [0.15, 0.2) is 5.78 Å². The third-order valence-electron chi connectivity index (χ3n) is 2.86. The molecule has 0 spiro atoms. The van der Waals surface area contributed by atoms with E-state index in [9.17, 15) is 4.79 Å². The van der Waals surface area contributed by atoms with Crippen LogP contribution in [-0.2, 0) is 4.74 Å². The molecule has 0 radical (unpaired) electrons. The van der Waals surface area contributed by atoms with Crippen LogP contribution in [0.1, 0.15) is 15.9 Å². The van der Waals surface area contributed by atoms with E-state index >= 15 is 0 Å². The molecule has 0 unspecified atom stereocenters. The fraction of sp³-hybridized carbons (Fsp3) is 0.188. The third-order valence-corrected chi connectivity index (χ3v) is 3.60. The number of hydrogen-bond acceptors (Lipinski definition) is 3. The zero-order chi connectivity index (χ0) is 15.2. The molecule has 0 saturated carbocycles. The van der Waals surface area contributed by atoms with Gasteiger partial charge in [-0.15, -0.1) is 0 Å². The van der Waals surface area contributed by atoms with Gasteiger partial charge in [-0.25, -0.2) is 0 Å². The average Bonchev–Trinajstić information content (AvgIpc) is 2.50. The van der Waals surface area contributed by atoms with Gasteiger partial charge in [-0.05, 0) is 30.3 Å². The summed E-state index contributed by atoms with van der Waals surface area (Å²) >= 11 is 11.8. The molecule has 0 N–H and O–H groups in total. The average molecular weight is 325 g/mol. The van der Waals surface area contributed by atoms with Crippen molar-refractivity contribution in [3.05, 3.63) is 63.6 Å². The minimum atomic E-state index is -0.165. The largest absolute Gasteiger partial charge is 0.490 e. The van der Waals surface area contributed by atoms with Crippen LogP contribution in [-0.4, -0.2) is 26.1 Å². The van der Waals surface area contributed by atoms with Crippen molar-refractivity contribution < 1.29 is 14.3 Å². The number of carbonyl (C=O) groups excluding carboxylic acids is 1. The summed E-state index contributed by atoms with van der Waals surface area (Å²) in [5, 5.41) is 0.762. The van der Waals surface area contributed by atoms with E-state index in [2.05, 4.69) is 0 Å². The third kappa shape index (κ3) is 3.97. The van der Waals surface area contributed by atoms with Crippen molar-refractivity contribution in [1.29, 1.82) is 0 Å². The topological polar surface area (TPSA) is 35.5 Å². The van der Waals surface area contributed by atoms with Crippen LogP contribution in [0.5, 0.6) is 5.75 Å². The highest BCUT2D eigenvalue weighted by Gasteiger charge is 2.15. The minimum absolute atomic E-state index is 0.165. The van der Waals surface area contributed by atoms with Crippen molar-refractivity contribution in [2.24, 2.45) is 0 Å². The molecule has 0 fully saturated rings. The van der Waals surface area contributed by atoms with Gasteiger partial charge < -0.3 is 9.47 Å². The number of hydrogen-bond donors (Lipinski definition) is 0. The lowest BCUT2D eigenvalue weighted by Crippen LogP contribution is -2.09. The Kier molecular flexibility index (Phi) is 5.62. The van der Waals surface area contributed by atoms with E-state index in [4.69, 9.17) is 32.7 Å². The van der Waals surface area contributed by atoms with Crippen LogP contribution in [0.25, 0.3) is 0 Å². The second-order valence-electron chi connectivity index (χ2n) is 4.30. The summed E-state index contributed by atoms with van der Waals surface area (Å²) < 4.78 is 10.5. The van der Waals surface area contributed by atoms with Crippen LogP contribution >= 0.6 is 23.2 Å². The minimum Gasteiger partial charge on any atom is -0.490 e. The predicted molar refractivity (Wildman–Crippen MR) is 83.7 cm³/mol. The normalized spacial score (nSPS) is 10.4. The number of benzene rings is 2. The first-order valence-electron chi connectivity index (χ1n) is 6.34. The van der Waals surface area contributed by atoms with Crippen molar-refractivity contribution in [2.45, 2.75) is 0 Å². The van der Waals surface area contributed by atoms with E-state index < -0.39 is 0 Å². The molecule has 2 rings (SSSR count). The molecule has 110 valence electrons. The van der Waals surface area contributed by atoms with Crippen molar-refractivity contribution in [2.75, 3.05) is 20.3 Å². The number of rotatable bonds is 6. The standard InChI is InChI=1S/C16H14Cl2O3/c1-20-8-9-21-15-5-3-2-4-12(15)16(19)11-6-7-13(17)14(18)10-11/h2-7,10H,8-9H2,1H3. The van der Waals surface area contributed by atoms with E-state index in [0.717, 1.165) is 0 Å². The smallest absolute Gasteiger partial charge is 0.196 e. The van der Waals surface area contributed by atoms with E-state index in [-0.39, 0.29) is 5.78 Å². The quantitative estimate of drug-likeness (QED) is 0.588. The maximum atomic E-state index is 12.6. The lowest BCUT2D eigenvalue weighted by atomic mass is 10.0. The molecule has 5 heteroatoms. The fourth-order valence-corrected chi connectivity index (χ4v) is 2.11.